The summed E-state index contributed by atoms with van der Waals surface area (Å²) in [5.41, 5.74) is 0.538. The van der Waals surface area contributed by atoms with Crippen molar-refractivity contribution in [2.24, 2.45) is 10.2 Å². The Balaban J connectivity index is 1.64. The maximum Gasteiger partial charge on any atom is 0.205 e. The Morgan fingerprint density at radius 3 is 1.72 bits per heavy atom. The maximum absolute atomic E-state index is 14.5. The zero-order valence-corrected chi connectivity index (χ0v) is 22.2. The van der Waals surface area contributed by atoms with Gasteiger partial charge in [-0.1, -0.05) is 57.8 Å². The van der Waals surface area contributed by atoms with Gasteiger partial charge in [-0.25, -0.2) is 8.78 Å². The molecule has 0 N–H and O–H groups in total. The molecule has 0 aliphatic heterocycles. The van der Waals surface area contributed by atoms with Crippen LogP contribution in [0.5, 0.6) is 11.5 Å². The van der Waals surface area contributed by atoms with Gasteiger partial charge in [-0.2, -0.15) is 19.0 Å². The van der Waals surface area contributed by atoms with E-state index in [1.54, 1.807) is 36.4 Å². The zero-order valence-electron chi connectivity index (χ0n) is 22.2. The van der Waals surface area contributed by atoms with Crippen molar-refractivity contribution in [2.75, 3.05) is 13.2 Å². The molecule has 0 heterocycles. The summed E-state index contributed by atoms with van der Waals surface area (Å²) in [6.07, 6.45) is 6.41. The van der Waals surface area contributed by atoms with E-state index in [-0.39, 0.29) is 6.61 Å². The summed E-state index contributed by atoms with van der Waals surface area (Å²) in [7, 11) is 0. The number of halogens is 4. The van der Waals surface area contributed by atoms with Crippen LogP contribution in [0.15, 0.2) is 58.8 Å². The molecule has 3 rings (SSSR count). The number of ether oxygens (including phenoxy) is 2. The Labute approximate surface area is 227 Å². The van der Waals surface area contributed by atoms with Gasteiger partial charge >= 0.3 is 0 Å². The lowest BCUT2D eigenvalue weighted by Crippen LogP contribution is -2.08. The summed E-state index contributed by atoms with van der Waals surface area (Å²) in [6, 6.07) is 13.6. The van der Waals surface area contributed by atoms with Crippen LogP contribution in [0.25, 0.3) is 0 Å². The van der Waals surface area contributed by atoms with Gasteiger partial charge in [0, 0.05) is 5.56 Å². The Kier molecular flexibility index (Phi) is 11.8. The molecule has 3 aromatic rings. The molecule has 0 aliphatic carbocycles. The van der Waals surface area contributed by atoms with Crippen molar-refractivity contribution in [1.82, 2.24) is 0 Å². The second kappa shape index (κ2) is 15.5. The highest BCUT2D eigenvalue weighted by Crippen LogP contribution is 2.30. The molecule has 0 unspecified atom stereocenters. The molecule has 0 saturated heterocycles. The van der Waals surface area contributed by atoms with Gasteiger partial charge in [-0.05, 0) is 61.4 Å². The lowest BCUT2D eigenvalue weighted by Gasteiger charge is -2.11. The largest absolute Gasteiger partial charge is 0.494 e. The monoisotopic (exact) mass is 540 g/mol. The number of hydrogen-bond acceptors (Lipinski definition) is 4. The van der Waals surface area contributed by atoms with Gasteiger partial charge in [0.1, 0.15) is 11.3 Å². The minimum atomic E-state index is -1.59. The van der Waals surface area contributed by atoms with E-state index in [0.717, 1.165) is 44.3 Å². The van der Waals surface area contributed by atoms with Gasteiger partial charge in [0.15, 0.2) is 17.4 Å². The molecular weight excluding hydrogens is 508 g/mol. The van der Waals surface area contributed by atoms with Crippen molar-refractivity contribution in [2.45, 2.75) is 58.8 Å². The van der Waals surface area contributed by atoms with Gasteiger partial charge in [-0.3, -0.25) is 0 Å². The van der Waals surface area contributed by atoms with Crippen molar-refractivity contribution < 1.29 is 27.0 Å². The molecule has 39 heavy (non-hydrogen) atoms. The van der Waals surface area contributed by atoms with Crippen molar-refractivity contribution in [3.05, 3.63) is 82.9 Å². The summed E-state index contributed by atoms with van der Waals surface area (Å²) in [5.74, 6) is -1.94. The van der Waals surface area contributed by atoms with Gasteiger partial charge < -0.3 is 9.47 Å². The third kappa shape index (κ3) is 8.85. The molecule has 0 aromatic heterocycles. The average molecular weight is 541 g/mol. The first kappa shape index (κ1) is 29.7. The van der Waals surface area contributed by atoms with Crippen LogP contribution in [0, 0.1) is 35.1 Å². The number of benzene rings is 3. The molecule has 0 bridgehead atoms. The van der Waals surface area contributed by atoms with Crippen LogP contribution in [0.1, 0.15) is 69.9 Å². The van der Waals surface area contributed by atoms with Gasteiger partial charge in [0.05, 0.1) is 24.6 Å². The lowest BCUT2D eigenvalue weighted by atomic mass is 10.1. The SMILES string of the molecule is CCCCCCCOc1c(F)c(F)c(C#Cc2ccc(N=Nc3ccc(OCCCC)cc3)cc2)c(F)c1F. The first-order valence-corrected chi connectivity index (χ1v) is 13.2. The highest BCUT2D eigenvalue weighted by molar-refractivity contribution is 5.50. The van der Waals surface area contributed by atoms with Crippen LogP contribution < -0.4 is 9.47 Å². The smallest absolute Gasteiger partial charge is 0.205 e. The highest BCUT2D eigenvalue weighted by Gasteiger charge is 2.26. The molecule has 3 aromatic carbocycles. The summed E-state index contributed by atoms with van der Waals surface area (Å²) in [5, 5.41) is 8.32. The number of hydrogen-bond donors (Lipinski definition) is 0. The van der Waals surface area contributed by atoms with Crippen molar-refractivity contribution in [1.29, 1.82) is 0 Å². The maximum atomic E-state index is 14.5. The molecule has 8 heteroatoms. The Morgan fingerprint density at radius 1 is 0.590 bits per heavy atom. The van der Waals surface area contributed by atoms with Crippen molar-refractivity contribution in [3.63, 3.8) is 0 Å². The number of azo groups is 1. The lowest BCUT2D eigenvalue weighted by molar-refractivity contribution is 0.263. The number of unbranched alkanes of at least 4 members (excludes halogenated alkanes) is 5. The fraction of sp³-hybridized carbons (Fsp3) is 0.355. The fourth-order valence-corrected chi connectivity index (χ4v) is 3.53. The van der Waals surface area contributed by atoms with Crippen LogP contribution in [0.4, 0.5) is 28.9 Å². The Hall–Kier alpha value is -3.86. The van der Waals surface area contributed by atoms with Crippen LogP contribution >= 0.6 is 0 Å². The molecule has 0 fully saturated rings. The first-order chi connectivity index (χ1) is 18.9. The highest BCUT2D eigenvalue weighted by atomic mass is 19.2. The van der Waals surface area contributed by atoms with Crippen LogP contribution in [-0.2, 0) is 0 Å². The number of nitrogens with zero attached hydrogens (tertiary/aromatic N) is 2. The third-order valence-corrected chi connectivity index (χ3v) is 5.80. The second-order valence-corrected chi connectivity index (χ2v) is 8.92. The average Bonchev–Trinajstić information content (AvgIpc) is 2.95. The Morgan fingerprint density at radius 2 is 1.13 bits per heavy atom. The van der Waals surface area contributed by atoms with Crippen molar-refractivity contribution in [3.8, 4) is 23.3 Å². The van der Waals surface area contributed by atoms with Gasteiger partial charge in [-0.15, -0.1) is 0 Å². The van der Waals surface area contributed by atoms with Gasteiger partial charge in [0.25, 0.3) is 0 Å². The van der Waals surface area contributed by atoms with E-state index < -0.39 is 34.6 Å². The summed E-state index contributed by atoms with van der Waals surface area (Å²) in [4.78, 5) is 0. The molecule has 0 radical (unpaired) electrons. The van der Waals surface area contributed by atoms with Crippen LogP contribution in [0.2, 0.25) is 0 Å². The van der Waals surface area contributed by atoms with E-state index in [4.69, 9.17) is 9.47 Å². The van der Waals surface area contributed by atoms with Crippen LogP contribution in [-0.4, -0.2) is 13.2 Å². The van der Waals surface area contributed by atoms with E-state index in [0.29, 0.717) is 30.0 Å². The third-order valence-electron chi connectivity index (χ3n) is 5.80. The van der Waals surface area contributed by atoms with E-state index in [1.165, 1.54) is 0 Å². The van der Waals surface area contributed by atoms with E-state index in [1.807, 2.05) is 12.1 Å². The first-order valence-electron chi connectivity index (χ1n) is 13.2. The van der Waals surface area contributed by atoms with Gasteiger partial charge in [0.2, 0.25) is 11.6 Å². The molecule has 0 amide bonds. The number of rotatable bonds is 13. The standard InChI is InChI=1S/C31H32F4N2O2/c1-3-5-7-8-9-21-39-31-29(34)27(32)26(28(33)30(31)35)19-12-22-10-13-23(14-11-22)36-37-24-15-17-25(18-16-24)38-20-6-4-2/h10-11,13-18H,3-9,20-21H2,1-2H3. The predicted molar refractivity (Wildman–Crippen MR) is 144 cm³/mol. The molecule has 4 nitrogen and oxygen atoms in total. The molecule has 0 atom stereocenters. The minimum absolute atomic E-state index is 0.0378. The topological polar surface area (TPSA) is 43.2 Å². The van der Waals surface area contributed by atoms with Crippen LogP contribution in [0.3, 0.4) is 0 Å². The molecular formula is C31H32F4N2O2. The minimum Gasteiger partial charge on any atom is -0.494 e. The van der Waals surface area contributed by atoms with Crippen molar-refractivity contribution >= 4 is 11.4 Å². The molecule has 0 saturated carbocycles. The van der Waals surface area contributed by atoms with E-state index >= 15 is 0 Å². The Bertz CT molecular complexity index is 1270. The summed E-state index contributed by atoms with van der Waals surface area (Å²) in [6.45, 7) is 4.78. The quantitative estimate of drug-likeness (QED) is 0.0712. The fourth-order valence-electron chi connectivity index (χ4n) is 3.53. The van der Waals surface area contributed by atoms with E-state index in [9.17, 15) is 17.6 Å². The summed E-state index contributed by atoms with van der Waals surface area (Å²) < 4.78 is 68.5. The predicted octanol–water partition coefficient (Wildman–Crippen LogP) is 9.59. The molecule has 0 aliphatic rings. The second-order valence-electron chi connectivity index (χ2n) is 8.92. The summed E-state index contributed by atoms with van der Waals surface area (Å²) >= 11 is 0. The molecule has 0 spiro atoms. The zero-order chi connectivity index (χ0) is 28.0. The van der Waals surface area contributed by atoms with E-state index in [2.05, 4.69) is 35.9 Å². The normalized spacial score (nSPS) is 10.9. The molecule has 206 valence electrons.